The maximum Gasteiger partial charge on any atom is 0.343 e. The fraction of sp³-hybridized carbons (Fsp3) is 0.150. The van der Waals surface area contributed by atoms with Gasteiger partial charge in [-0.05, 0) is 30.3 Å². The van der Waals surface area contributed by atoms with Crippen LogP contribution in [-0.2, 0) is 4.74 Å². The van der Waals surface area contributed by atoms with Gasteiger partial charge in [0.1, 0.15) is 22.9 Å². The first-order valence-electron chi connectivity index (χ1n) is 8.64. The SMILES string of the molecule is COC(=O)c1cnn(-c2ccc(C(=O)Nc3cc(Cl)c(OC)cc3OC)cc2)c1N. The Hall–Kier alpha value is -3.72. The summed E-state index contributed by atoms with van der Waals surface area (Å²) in [5.41, 5.74) is 7.47. The molecule has 0 spiro atoms. The van der Waals surface area contributed by atoms with Crippen LogP contribution in [0.15, 0.2) is 42.6 Å². The summed E-state index contributed by atoms with van der Waals surface area (Å²) in [5.74, 6) is 0.0168. The Morgan fingerprint density at radius 1 is 1.07 bits per heavy atom. The van der Waals surface area contributed by atoms with Crippen LogP contribution >= 0.6 is 11.6 Å². The van der Waals surface area contributed by atoms with Crippen LogP contribution < -0.4 is 20.5 Å². The fourth-order valence-corrected chi connectivity index (χ4v) is 2.98. The van der Waals surface area contributed by atoms with Crippen LogP contribution in [0.4, 0.5) is 11.5 Å². The van der Waals surface area contributed by atoms with Gasteiger partial charge in [0.25, 0.3) is 5.91 Å². The van der Waals surface area contributed by atoms with Crippen molar-refractivity contribution >= 4 is 35.0 Å². The number of esters is 1. The second-order valence-corrected chi connectivity index (χ2v) is 6.44. The second-order valence-electron chi connectivity index (χ2n) is 6.03. The summed E-state index contributed by atoms with van der Waals surface area (Å²) in [5, 5.41) is 7.18. The first-order chi connectivity index (χ1) is 14.4. The van der Waals surface area contributed by atoms with Crippen LogP contribution in [0.3, 0.4) is 0 Å². The molecule has 0 unspecified atom stereocenters. The molecule has 156 valence electrons. The van der Waals surface area contributed by atoms with Gasteiger partial charge in [0.05, 0.1) is 43.9 Å². The number of nitrogen functional groups attached to an aromatic ring is 1. The molecule has 0 saturated heterocycles. The fourth-order valence-electron chi connectivity index (χ4n) is 2.74. The van der Waals surface area contributed by atoms with Gasteiger partial charge in [-0.2, -0.15) is 5.10 Å². The van der Waals surface area contributed by atoms with Gasteiger partial charge in [-0.1, -0.05) is 11.6 Å². The number of nitrogens with one attached hydrogen (secondary N) is 1. The number of aromatic nitrogens is 2. The Morgan fingerprint density at radius 2 is 1.73 bits per heavy atom. The zero-order valence-corrected chi connectivity index (χ0v) is 17.2. The Labute approximate surface area is 177 Å². The smallest absolute Gasteiger partial charge is 0.343 e. The third-order valence-corrected chi connectivity index (χ3v) is 4.60. The number of rotatable bonds is 6. The highest BCUT2D eigenvalue weighted by Crippen LogP contribution is 2.36. The molecule has 0 saturated carbocycles. The van der Waals surface area contributed by atoms with E-state index in [1.165, 1.54) is 32.2 Å². The lowest BCUT2D eigenvalue weighted by molar-refractivity contribution is 0.0602. The predicted octanol–water partition coefficient (Wildman–Crippen LogP) is 3.16. The van der Waals surface area contributed by atoms with Crippen molar-refractivity contribution in [2.75, 3.05) is 32.4 Å². The molecule has 2 aromatic carbocycles. The molecule has 0 aliphatic carbocycles. The highest BCUT2D eigenvalue weighted by Gasteiger charge is 2.17. The van der Waals surface area contributed by atoms with Crippen LogP contribution in [0.1, 0.15) is 20.7 Å². The summed E-state index contributed by atoms with van der Waals surface area (Å²) >= 11 is 6.14. The van der Waals surface area contributed by atoms with Crippen molar-refractivity contribution in [3.8, 4) is 17.2 Å². The lowest BCUT2D eigenvalue weighted by atomic mass is 10.2. The van der Waals surface area contributed by atoms with Crippen LogP contribution in [-0.4, -0.2) is 43.0 Å². The lowest BCUT2D eigenvalue weighted by Crippen LogP contribution is -2.13. The topological polar surface area (TPSA) is 118 Å². The van der Waals surface area contributed by atoms with E-state index in [0.29, 0.717) is 33.5 Å². The third kappa shape index (κ3) is 4.01. The number of carbonyl (C=O) groups is 2. The van der Waals surface area contributed by atoms with E-state index in [2.05, 4.69) is 15.2 Å². The average molecular weight is 431 g/mol. The van der Waals surface area contributed by atoms with E-state index in [4.69, 9.17) is 26.8 Å². The van der Waals surface area contributed by atoms with E-state index in [1.807, 2.05) is 0 Å². The molecule has 0 bridgehead atoms. The minimum Gasteiger partial charge on any atom is -0.495 e. The molecule has 0 aliphatic rings. The highest BCUT2D eigenvalue weighted by atomic mass is 35.5. The van der Waals surface area contributed by atoms with E-state index in [0.717, 1.165) is 0 Å². The van der Waals surface area contributed by atoms with Crippen LogP contribution in [0.2, 0.25) is 5.02 Å². The number of halogens is 1. The minimum absolute atomic E-state index is 0.136. The van der Waals surface area contributed by atoms with Crippen LogP contribution in [0.25, 0.3) is 5.69 Å². The van der Waals surface area contributed by atoms with Crippen LogP contribution in [0.5, 0.6) is 11.5 Å². The molecule has 10 heteroatoms. The predicted molar refractivity (Wildman–Crippen MR) is 112 cm³/mol. The summed E-state index contributed by atoms with van der Waals surface area (Å²) in [7, 11) is 4.22. The van der Waals surface area contributed by atoms with Crippen molar-refractivity contribution in [2.24, 2.45) is 0 Å². The summed E-state index contributed by atoms with van der Waals surface area (Å²) < 4.78 is 16.5. The molecule has 0 fully saturated rings. The van der Waals surface area contributed by atoms with Crippen molar-refractivity contribution in [1.82, 2.24) is 9.78 Å². The molecule has 1 amide bonds. The number of benzene rings is 2. The molecule has 30 heavy (non-hydrogen) atoms. The number of nitrogens with zero attached hydrogens (tertiary/aromatic N) is 2. The first kappa shape index (κ1) is 21.0. The molecule has 0 atom stereocenters. The average Bonchev–Trinajstić information content (AvgIpc) is 3.14. The lowest BCUT2D eigenvalue weighted by Gasteiger charge is -2.13. The van der Waals surface area contributed by atoms with Crippen molar-refractivity contribution < 1.29 is 23.8 Å². The zero-order chi connectivity index (χ0) is 21.8. The highest BCUT2D eigenvalue weighted by molar-refractivity contribution is 6.32. The van der Waals surface area contributed by atoms with Crippen molar-refractivity contribution in [1.29, 1.82) is 0 Å². The van der Waals surface area contributed by atoms with E-state index < -0.39 is 5.97 Å². The Morgan fingerprint density at radius 3 is 2.33 bits per heavy atom. The van der Waals surface area contributed by atoms with E-state index in [-0.39, 0.29) is 17.3 Å². The quantitative estimate of drug-likeness (QED) is 0.576. The number of hydrogen-bond acceptors (Lipinski definition) is 7. The van der Waals surface area contributed by atoms with Crippen molar-refractivity contribution in [3.63, 3.8) is 0 Å². The standard InChI is InChI=1S/C20H19ClN4O5/c1-28-16-9-17(29-2)15(8-14(16)21)24-19(26)11-4-6-12(7-5-11)25-18(22)13(10-23-25)20(27)30-3/h4-10H,22H2,1-3H3,(H,24,26). The first-order valence-corrected chi connectivity index (χ1v) is 9.02. The van der Waals surface area contributed by atoms with E-state index in [9.17, 15) is 9.59 Å². The molecule has 9 nitrogen and oxygen atoms in total. The number of methoxy groups -OCH3 is 3. The largest absolute Gasteiger partial charge is 0.495 e. The number of carbonyl (C=O) groups excluding carboxylic acids is 2. The number of amides is 1. The third-order valence-electron chi connectivity index (χ3n) is 4.31. The molecule has 3 rings (SSSR count). The number of hydrogen-bond donors (Lipinski definition) is 2. The van der Waals surface area contributed by atoms with Crippen molar-refractivity contribution in [2.45, 2.75) is 0 Å². The Balaban J connectivity index is 1.82. The summed E-state index contributed by atoms with van der Waals surface area (Å²) in [6.07, 6.45) is 1.32. The Kier molecular flexibility index (Phi) is 6.12. The van der Waals surface area contributed by atoms with Crippen LogP contribution in [0, 0.1) is 0 Å². The molecule has 3 aromatic rings. The maximum atomic E-state index is 12.6. The summed E-state index contributed by atoms with van der Waals surface area (Å²) in [6, 6.07) is 9.63. The van der Waals surface area contributed by atoms with Gasteiger partial charge in [-0.3, -0.25) is 4.79 Å². The van der Waals surface area contributed by atoms with Gasteiger partial charge >= 0.3 is 5.97 Å². The zero-order valence-electron chi connectivity index (χ0n) is 16.4. The van der Waals surface area contributed by atoms with Gasteiger partial charge in [-0.25, -0.2) is 9.48 Å². The molecule has 0 aliphatic heterocycles. The maximum absolute atomic E-state index is 12.6. The molecule has 3 N–H and O–H groups in total. The van der Waals surface area contributed by atoms with E-state index in [1.54, 1.807) is 36.4 Å². The van der Waals surface area contributed by atoms with Gasteiger partial charge in [0.2, 0.25) is 0 Å². The number of ether oxygens (including phenoxy) is 3. The van der Waals surface area contributed by atoms with Gasteiger partial charge < -0.3 is 25.3 Å². The van der Waals surface area contributed by atoms with Gasteiger partial charge in [0.15, 0.2) is 0 Å². The van der Waals surface area contributed by atoms with Crippen molar-refractivity contribution in [3.05, 3.63) is 58.7 Å². The van der Waals surface area contributed by atoms with Gasteiger partial charge in [-0.15, -0.1) is 0 Å². The monoisotopic (exact) mass is 430 g/mol. The summed E-state index contributed by atoms with van der Waals surface area (Å²) in [4.78, 5) is 24.3. The number of anilines is 2. The van der Waals surface area contributed by atoms with E-state index >= 15 is 0 Å². The summed E-state index contributed by atoms with van der Waals surface area (Å²) in [6.45, 7) is 0. The molecular weight excluding hydrogens is 412 g/mol. The minimum atomic E-state index is -0.582. The molecular formula is C20H19ClN4O5. The molecule has 1 aromatic heterocycles. The normalized spacial score (nSPS) is 10.4. The second kappa shape index (κ2) is 8.75. The molecule has 1 heterocycles. The molecule has 0 radical (unpaired) electrons. The number of nitrogens with two attached hydrogens (primary N) is 1. The Bertz CT molecular complexity index is 1100. The van der Waals surface area contributed by atoms with Gasteiger partial charge in [0, 0.05) is 11.6 Å².